The monoisotopic (exact) mass is 914 g/mol. The number of benzene rings is 1. The van der Waals surface area contributed by atoms with Crippen LogP contribution in [-0.4, -0.2) is 11.8 Å². The average molecular weight is 914 g/mol. The number of alkyl halides is 3. The maximum Gasteiger partial charge on any atom is 0.0230 e. The van der Waals surface area contributed by atoms with Crippen molar-refractivity contribution in [3.63, 3.8) is 0 Å². The summed E-state index contributed by atoms with van der Waals surface area (Å²) in [5.41, 5.74) is 3.03. The average Bonchev–Trinajstić information content (AvgIpc) is 2.60. The van der Waals surface area contributed by atoms with E-state index in [1.54, 1.807) is 5.56 Å². The maximum absolute atomic E-state index is 2.80. The fourth-order valence-corrected chi connectivity index (χ4v) is 10.3. The number of aryl methyl sites for hydroxylation is 1. The van der Waals surface area contributed by atoms with E-state index >= 15 is 0 Å². The quantitative estimate of drug-likeness (QED) is 0.210. The van der Waals surface area contributed by atoms with Crippen molar-refractivity contribution in [2.75, 3.05) is 0 Å². The lowest BCUT2D eigenvalue weighted by Gasteiger charge is -2.42. The highest BCUT2D eigenvalue weighted by Crippen LogP contribution is 2.48. The van der Waals surface area contributed by atoms with E-state index in [2.05, 4.69) is 139 Å². The van der Waals surface area contributed by atoms with Crippen LogP contribution in [0.1, 0.15) is 62.5 Å². The molecule has 0 aliphatic heterocycles. The van der Waals surface area contributed by atoms with Gasteiger partial charge in [0.05, 0.1) is 0 Å². The molecule has 7 atom stereocenters. The summed E-state index contributed by atoms with van der Waals surface area (Å²) in [5.74, 6) is 3.51. The lowest BCUT2D eigenvalue weighted by Crippen LogP contribution is -2.36. The summed E-state index contributed by atoms with van der Waals surface area (Å²) in [5, 5.41) is 0. The number of hydrogen-bond acceptors (Lipinski definition) is 0. The molecule has 0 bridgehead atoms. The molecule has 26 heavy (non-hydrogen) atoms. The van der Waals surface area contributed by atoms with Gasteiger partial charge in [0.25, 0.3) is 0 Å². The minimum atomic E-state index is 0.683. The van der Waals surface area contributed by atoms with Crippen LogP contribution >= 0.6 is 113 Å². The molecule has 2 aliphatic rings. The van der Waals surface area contributed by atoms with Crippen LogP contribution in [0.4, 0.5) is 0 Å². The van der Waals surface area contributed by atoms with Crippen molar-refractivity contribution in [1.29, 1.82) is 0 Å². The summed E-state index contributed by atoms with van der Waals surface area (Å²) in [6.45, 7) is 4.75. The van der Waals surface area contributed by atoms with Crippen LogP contribution in [0, 0.1) is 31.8 Å². The molecule has 1 aromatic rings. The van der Waals surface area contributed by atoms with Crippen LogP contribution in [0.25, 0.3) is 0 Å². The van der Waals surface area contributed by atoms with E-state index in [-0.39, 0.29) is 0 Å². The zero-order chi connectivity index (χ0) is 19.0. The Bertz CT molecular complexity index is 631. The van der Waals surface area contributed by atoms with Gasteiger partial charge in [0, 0.05) is 18.9 Å². The normalized spacial score (nSPS) is 36.7. The number of rotatable bonds is 3. The maximum atomic E-state index is 2.80. The third-order valence-corrected chi connectivity index (χ3v) is 14.4. The third-order valence-electron chi connectivity index (χ3n) is 6.67. The van der Waals surface area contributed by atoms with Gasteiger partial charge in [-0.05, 0) is 131 Å². The van der Waals surface area contributed by atoms with E-state index < -0.39 is 0 Å². The lowest BCUT2D eigenvalue weighted by molar-refractivity contribution is 0.174. The Hall–Kier alpha value is 2.87. The predicted molar refractivity (Wildman–Crippen MR) is 157 cm³/mol. The summed E-state index contributed by atoms with van der Waals surface area (Å²) in [6, 6.07) is 4.84. The van der Waals surface area contributed by atoms with E-state index in [0.717, 1.165) is 29.5 Å². The Labute approximate surface area is 227 Å². The van der Waals surface area contributed by atoms with Crippen molar-refractivity contribution in [2.45, 2.75) is 70.1 Å². The van der Waals surface area contributed by atoms with Gasteiger partial charge in [-0.3, -0.25) is 0 Å². The topological polar surface area (TPSA) is 0 Å². The summed E-state index contributed by atoms with van der Waals surface area (Å²) in [6.07, 6.45) is 8.74. The Balaban J connectivity index is 1.66. The van der Waals surface area contributed by atoms with Crippen molar-refractivity contribution in [3.05, 3.63) is 30.4 Å². The van der Waals surface area contributed by atoms with Crippen LogP contribution in [0.15, 0.2) is 12.1 Å². The molecule has 0 saturated heterocycles. The fourth-order valence-electron chi connectivity index (χ4n) is 4.96. The second-order valence-corrected chi connectivity index (χ2v) is 15.4. The molecule has 5 unspecified atom stereocenters. The minimum absolute atomic E-state index is 0.683. The molecule has 2 saturated carbocycles. The van der Waals surface area contributed by atoms with Gasteiger partial charge in [-0.1, -0.05) is 80.8 Å². The van der Waals surface area contributed by atoms with Crippen LogP contribution in [-0.2, 0) is 0 Å². The van der Waals surface area contributed by atoms with Crippen LogP contribution in [0.2, 0.25) is 0 Å². The second-order valence-electron chi connectivity index (χ2n) is 8.27. The van der Waals surface area contributed by atoms with Gasteiger partial charge in [-0.2, -0.15) is 0 Å². The molecule has 5 heteroatoms. The van der Waals surface area contributed by atoms with Gasteiger partial charge in [0.2, 0.25) is 0 Å². The van der Waals surface area contributed by atoms with Crippen molar-refractivity contribution in [3.8, 4) is 0 Å². The Morgan fingerprint density at radius 3 is 2.04 bits per heavy atom. The van der Waals surface area contributed by atoms with Crippen LogP contribution < -0.4 is 0 Å². The van der Waals surface area contributed by atoms with E-state index in [1.165, 1.54) is 51.2 Å². The standard InChI is InChI=1S/C21H27I5/c1-11-7-16(20(25)10-18(11)23)12(2)15-5-3-13(8-19(15)24)14-4-6-17(22)21(26)9-14/h7,10,12-15,17,19,21H,3-6,8-9H2,1-2H3/t12-,13?,14?,15-,17?,19?,21?/m1/s1. The van der Waals surface area contributed by atoms with Gasteiger partial charge in [-0.25, -0.2) is 0 Å². The SMILES string of the molecule is Cc1cc([C@H](C)[C@H]2CCC(C3CCC(I)C(I)C3)CC2I)c(I)cc1I. The Morgan fingerprint density at radius 1 is 0.808 bits per heavy atom. The molecule has 2 fully saturated rings. The first-order chi connectivity index (χ1) is 12.3. The molecule has 0 N–H and O–H groups in total. The smallest absolute Gasteiger partial charge is 0.0230 e. The molecule has 0 heterocycles. The highest BCUT2D eigenvalue weighted by Gasteiger charge is 2.38. The van der Waals surface area contributed by atoms with Gasteiger partial charge < -0.3 is 0 Å². The van der Waals surface area contributed by atoms with E-state index in [4.69, 9.17) is 0 Å². The summed E-state index contributed by atoms with van der Waals surface area (Å²) in [4.78, 5) is 0. The molecule has 0 aromatic heterocycles. The molecule has 0 spiro atoms. The van der Waals surface area contributed by atoms with Crippen molar-refractivity contribution < 1.29 is 0 Å². The first kappa shape index (κ1) is 23.5. The largest absolute Gasteiger partial charge is 0.0823 e. The summed E-state index contributed by atoms with van der Waals surface area (Å²) < 4.78 is 5.50. The summed E-state index contributed by atoms with van der Waals surface area (Å²) >= 11 is 13.2. The molecular weight excluding hydrogens is 887 g/mol. The predicted octanol–water partition coefficient (Wildman–Crippen LogP) is 8.93. The van der Waals surface area contributed by atoms with E-state index in [9.17, 15) is 0 Å². The van der Waals surface area contributed by atoms with Gasteiger partial charge in [0.1, 0.15) is 0 Å². The molecule has 0 amide bonds. The molecule has 0 radical (unpaired) electrons. The zero-order valence-electron chi connectivity index (χ0n) is 15.3. The van der Waals surface area contributed by atoms with E-state index in [1.807, 2.05) is 0 Å². The van der Waals surface area contributed by atoms with Gasteiger partial charge in [0.15, 0.2) is 0 Å². The number of halogens is 5. The Kier molecular flexibility index (Phi) is 9.46. The molecule has 2 aliphatic carbocycles. The molecule has 3 rings (SSSR count). The highest BCUT2D eigenvalue weighted by atomic mass is 127. The van der Waals surface area contributed by atoms with Gasteiger partial charge in [-0.15, -0.1) is 0 Å². The fraction of sp³-hybridized carbons (Fsp3) is 0.714. The zero-order valence-corrected chi connectivity index (χ0v) is 26.1. The summed E-state index contributed by atoms with van der Waals surface area (Å²) in [7, 11) is 0. The highest BCUT2D eigenvalue weighted by molar-refractivity contribution is 14.1. The molecule has 1 aromatic carbocycles. The van der Waals surface area contributed by atoms with Crippen molar-refractivity contribution in [2.24, 2.45) is 17.8 Å². The molecule has 146 valence electrons. The van der Waals surface area contributed by atoms with Gasteiger partial charge >= 0.3 is 0 Å². The van der Waals surface area contributed by atoms with Crippen LogP contribution in [0.5, 0.6) is 0 Å². The van der Waals surface area contributed by atoms with Crippen molar-refractivity contribution >= 4 is 113 Å². The molecule has 0 nitrogen and oxygen atoms in total. The lowest BCUT2D eigenvalue weighted by atomic mass is 9.68. The minimum Gasteiger partial charge on any atom is -0.0823 e. The molecular formula is C21H27I5. The number of hydrogen-bond donors (Lipinski definition) is 0. The van der Waals surface area contributed by atoms with E-state index in [0.29, 0.717) is 5.92 Å². The second kappa shape index (κ2) is 10.5. The first-order valence-corrected chi connectivity index (χ1v) is 15.5. The van der Waals surface area contributed by atoms with Crippen LogP contribution in [0.3, 0.4) is 0 Å². The van der Waals surface area contributed by atoms with Crippen molar-refractivity contribution in [1.82, 2.24) is 0 Å². The Morgan fingerprint density at radius 2 is 1.42 bits per heavy atom. The third kappa shape index (κ3) is 5.56. The first-order valence-electron chi connectivity index (χ1n) is 9.65.